The molecule has 0 saturated carbocycles. The molecule has 0 aliphatic carbocycles. The Morgan fingerprint density at radius 3 is 2.76 bits per heavy atom. The highest BCUT2D eigenvalue weighted by molar-refractivity contribution is 7.11. The minimum Gasteiger partial charge on any atom is -0.358 e. The molecule has 2 heterocycles. The molecule has 1 aliphatic heterocycles. The van der Waals surface area contributed by atoms with Gasteiger partial charge in [0.25, 0.3) is 0 Å². The molecule has 4 heteroatoms. The number of benzene rings is 1. The Hall–Kier alpha value is -1.13. The molecule has 1 aliphatic rings. The molecule has 0 unspecified atom stereocenters. The van der Waals surface area contributed by atoms with Gasteiger partial charge in [-0.1, -0.05) is 26.0 Å². The van der Waals surface area contributed by atoms with E-state index in [0.717, 1.165) is 18.6 Å². The molecular formula is C13H17N3S. The van der Waals surface area contributed by atoms with Crippen LogP contribution < -0.4 is 10.6 Å². The number of nitrogens with two attached hydrogens (primary N) is 1. The Morgan fingerprint density at radius 1 is 1.35 bits per heavy atom. The summed E-state index contributed by atoms with van der Waals surface area (Å²) < 4.78 is 4.47. The Morgan fingerprint density at radius 2 is 2.06 bits per heavy atom. The first-order valence-electron chi connectivity index (χ1n) is 5.98. The summed E-state index contributed by atoms with van der Waals surface area (Å²) in [4.78, 5) is 2.35. The Labute approximate surface area is 105 Å². The third-order valence-electron chi connectivity index (χ3n) is 3.77. The van der Waals surface area contributed by atoms with Crippen LogP contribution in [-0.4, -0.2) is 23.0 Å². The molecule has 0 spiro atoms. The number of rotatable bonds is 2. The highest BCUT2D eigenvalue weighted by Gasteiger charge is 2.42. The smallest absolute Gasteiger partial charge is 0.120 e. The number of anilines is 1. The van der Waals surface area contributed by atoms with Gasteiger partial charge < -0.3 is 10.6 Å². The third-order valence-corrected chi connectivity index (χ3v) is 4.71. The summed E-state index contributed by atoms with van der Waals surface area (Å²) in [7, 11) is 0. The van der Waals surface area contributed by atoms with E-state index >= 15 is 0 Å². The Kier molecular flexibility index (Phi) is 2.38. The van der Waals surface area contributed by atoms with Crippen molar-refractivity contribution in [3.63, 3.8) is 0 Å². The second-order valence-electron chi connectivity index (χ2n) is 5.25. The van der Waals surface area contributed by atoms with E-state index < -0.39 is 0 Å². The maximum absolute atomic E-state index is 6.33. The largest absolute Gasteiger partial charge is 0.358 e. The molecule has 0 bridgehead atoms. The van der Waals surface area contributed by atoms with Crippen molar-refractivity contribution in [1.29, 1.82) is 0 Å². The molecule has 1 saturated heterocycles. The lowest BCUT2D eigenvalue weighted by Crippen LogP contribution is -2.70. The summed E-state index contributed by atoms with van der Waals surface area (Å²) in [5, 5.41) is 2.52. The lowest BCUT2D eigenvalue weighted by atomic mass is 9.80. The second-order valence-corrected chi connectivity index (χ2v) is 6.00. The van der Waals surface area contributed by atoms with Gasteiger partial charge in [0.15, 0.2) is 0 Å². The van der Waals surface area contributed by atoms with Crippen LogP contribution in [0.2, 0.25) is 0 Å². The fourth-order valence-electron chi connectivity index (χ4n) is 2.28. The first kappa shape index (κ1) is 11.0. The van der Waals surface area contributed by atoms with E-state index in [1.165, 1.54) is 10.4 Å². The van der Waals surface area contributed by atoms with Crippen LogP contribution in [0.15, 0.2) is 24.3 Å². The van der Waals surface area contributed by atoms with E-state index in [-0.39, 0.29) is 5.54 Å². The van der Waals surface area contributed by atoms with E-state index in [9.17, 15) is 0 Å². The Bertz CT molecular complexity index is 540. The van der Waals surface area contributed by atoms with Gasteiger partial charge in [-0.3, -0.25) is 0 Å². The van der Waals surface area contributed by atoms with Crippen LogP contribution in [-0.2, 0) is 0 Å². The fraction of sp³-hybridized carbons (Fsp3) is 0.462. The number of aromatic nitrogens is 1. The van der Waals surface area contributed by atoms with E-state index in [1.54, 1.807) is 11.5 Å². The van der Waals surface area contributed by atoms with Crippen molar-refractivity contribution in [2.45, 2.75) is 19.4 Å². The number of nitrogens with zero attached hydrogens (tertiary/aromatic N) is 2. The van der Waals surface area contributed by atoms with Gasteiger partial charge in [-0.25, -0.2) is 0 Å². The average molecular weight is 247 g/mol. The lowest BCUT2D eigenvalue weighted by Gasteiger charge is -2.51. The lowest BCUT2D eigenvalue weighted by molar-refractivity contribution is 0.246. The van der Waals surface area contributed by atoms with Crippen LogP contribution in [0.4, 0.5) is 5.00 Å². The summed E-state index contributed by atoms with van der Waals surface area (Å²) in [5.41, 5.74) is 7.40. The van der Waals surface area contributed by atoms with Crippen LogP contribution in [0.5, 0.6) is 0 Å². The van der Waals surface area contributed by atoms with Gasteiger partial charge in [-0.15, -0.1) is 0 Å². The van der Waals surface area contributed by atoms with Crippen molar-refractivity contribution in [1.82, 2.24) is 4.37 Å². The summed E-state index contributed by atoms with van der Waals surface area (Å²) in [5.74, 6) is 0.526. The van der Waals surface area contributed by atoms with Crippen molar-refractivity contribution in [2.75, 3.05) is 18.0 Å². The van der Waals surface area contributed by atoms with Crippen LogP contribution in [0.25, 0.3) is 10.9 Å². The topological polar surface area (TPSA) is 42.1 Å². The maximum atomic E-state index is 6.33. The highest BCUT2D eigenvalue weighted by atomic mass is 32.1. The van der Waals surface area contributed by atoms with Crippen molar-refractivity contribution in [2.24, 2.45) is 11.7 Å². The summed E-state index contributed by atoms with van der Waals surface area (Å²) in [6, 6.07) is 8.30. The van der Waals surface area contributed by atoms with Gasteiger partial charge >= 0.3 is 0 Å². The highest BCUT2D eigenvalue weighted by Crippen LogP contribution is 2.37. The summed E-state index contributed by atoms with van der Waals surface area (Å²) in [6.45, 7) is 6.28. The standard InChI is InChI=1S/C13H17N3S/c1-9(2)13(14)7-16(8-13)12-10-5-3-4-6-11(10)15-17-12/h3-6,9H,7-8,14H2,1-2H3. The summed E-state index contributed by atoms with van der Waals surface area (Å²) >= 11 is 1.58. The molecule has 0 radical (unpaired) electrons. The van der Waals surface area contributed by atoms with Crippen molar-refractivity contribution in [3.8, 4) is 0 Å². The molecule has 0 amide bonds. The zero-order valence-corrected chi connectivity index (χ0v) is 11.0. The zero-order valence-electron chi connectivity index (χ0n) is 10.2. The van der Waals surface area contributed by atoms with E-state index in [2.05, 4.69) is 41.3 Å². The van der Waals surface area contributed by atoms with Gasteiger partial charge in [0.1, 0.15) is 5.00 Å². The first-order valence-corrected chi connectivity index (χ1v) is 6.76. The van der Waals surface area contributed by atoms with Gasteiger partial charge in [0.2, 0.25) is 0 Å². The monoisotopic (exact) mass is 247 g/mol. The van der Waals surface area contributed by atoms with E-state index in [0.29, 0.717) is 5.92 Å². The van der Waals surface area contributed by atoms with Gasteiger partial charge in [-0.2, -0.15) is 4.37 Å². The number of fused-ring (bicyclic) bond motifs is 1. The van der Waals surface area contributed by atoms with Crippen LogP contribution in [0.3, 0.4) is 0 Å². The van der Waals surface area contributed by atoms with E-state index in [4.69, 9.17) is 5.73 Å². The van der Waals surface area contributed by atoms with Gasteiger partial charge in [0.05, 0.1) is 11.1 Å². The van der Waals surface area contributed by atoms with Crippen molar-refractivity contribution >= 4 is 27.4 Å². The Balaban J connectivity index is 1.88. The maximum Gasteiger partial charge on any atom is 0.120 e. The first-order chi connectivity index (χ1) is 8.10. The normalized spacial score (nSPS) is 18.7. The zero-order chi connectivity index (χ0) is 12.0. The molecule has 1 aromatic heterocycles. The van der Waals surface area contributed by atoms with Crippen LogP contribution in [0, 0.1) is 5.92 Å². The molecule has 2 aromatic rings. The molecule has 1 fully saturated rings. The quantitative estimate of drug-likeness (QED) is 0.886. The SMILES string of the molecule is CC(C)C1(N)CN(c2snc3ccccc23)C1. The molecule has 0 atom stereocenters. The molecule has 90 valence electrons. The predicted molar refractivity (Wildman–Crippen MR) is 73.6 cm³/mol. The van der Waals surface area contributed by atoms with Crippen molar-refractivity contribution in [3.05, 3.63) is 24.3 Å². The fourth-order valence-corrected chi connectivity index (χ4v) is 3.14. The molecule has 1 aromatic carbocycles. The van der Waals surface area contributed by atoms with Crippen LogP contribution in [0.1, 0.15) is 13.8 Å². The molecular weight excluding hydrogens is 230 g/mol. The molecule has 3 rings (SSSR count). The van der Waals surface area contributed by atoms with E-state index in [1.807, 2.05) is 6.07 Å². The number of hydrogen-bond donors (Lipinski definition) is 1. The number of hydrogen-bond acceptors (Lipinski definition) is 4. The van der Waals surface area contributed by atoms with Gasteiger partial charge in [0, 0.05) is 18.5 Å². The molecule has 17 heavy (non-hydrogen) atoms. The minimum atomic E-state index is -0.0227. The second kappa shape index (κ2) is 3.68. The predicted octanol–water partition coefficient (Wildman–Crippen LogP) is 2.47. The molecule has 3 nitrogen and oxygen atoms in total. The summed E-state index contributed by atoms with van der Waals surface area (Å²) in [6.07, 6.45) is 0. The molecule has 2 N–H and O–H groups in total. The van der Waals surface area contributed by atoms with Gasteiger partial charge in [-0.05, 0) is 29.6 Å². The minimum absolute atomic E-state index is 0.0227. The van der Waals surface area contributed by atoms with Crippen LogP contribution >= 0.6 is 11.5 Å². The third kappa shape index (κ3) is 1.63. The van der Waals surface area contributed by atoms with Crippen molar-refractivity contribution < 1.29 is 0 Å². The average Bonchev–Trinajstić information content (AvgIpc) is 2.68.